The molecule has 0 saturated carbocycles. The fourth-order valence-electron chi connectivity index (χ4n) is 3.64. The lowest BCUT2D eigenvalue weighted by Gasteiger charge is -2.20. The molecule has 1 atom stereocenters. The summed E-state index contributed by atoms with van der Waals surface area (Å²) < 4.78 is 82.2. The van der Waals surface area contributed by atoms with E-state index in [4.69, 9.17) is 21.1 Å². The fraction of sp³-hybridized carbons (Fsp3) is 0.300. The molecule has 13 heteroatoms. The number of nitrogens with one attached hydrogen (secondary N) is 1. The molecule has 0 aliphatic carbocycles. The molecular formula is C20H14ClF5N2O4S. The van der Waals surface area contributed by atoms with E-state index in [9.17, 15) is 31.5 Å². The first-order valence-corrected chi connectivity index (χ1v) is 10.7. The molecule has 0 fully saturated rings. The molecule has 0 saturated heterocycles. The largest absolute Gasteiger partial charge is 0.417 e. The van der Waals surface area contributed by atoms with E-state index in [0.717, 1.165) is 22.4 Å². The van der Waals surface area contributed by atoms with Gasteiger partial charge in [-0.05, 0) is 12.1 Å². The second-order valence-corrected chi connectivity index (χ2v) is 8.58. The second kappa shape index (κ2) is 8.75. The third kappa shape index (κ3) is 4.27. The highest BCUT2D eigenvalue weighted by Gasteiger charge is 2.38. The minimum atomic E-state index is -5.01. The van der Waals surface area contributed by atoms with E-state index in [1.54, 1.807) is 0 Å². The number of aromatic nitrogens is 2. The molecule has 0 bridgehead atoms. The van der Waals surface area contributed by atoms with Crippen molar-refractivity contribution in [2.45, 2.75) is 23.7 Å². The Kier molecular flexibility index (Phi) is 6.29. The summed E-state index contributed by atoms with van der Waals surface area (Å²) in [5.41, 5.74) is -4.60. The summed E-state index contributed by atoms with van der Waals surface area (Å²) in [4.78, 5) is 26.9. The van der Waals surface area contributed by atoms with Crippen LogP contribution in [0.2, 0.25) is 5.02 Å². The van der Waals surface area contributed by atoms with Gasteiger partial charge in [0.15, 0.2) is 0 Å². The summed E-state index contributed by atoms with van der Waals surface area (Å²) in [6, 6.07) is 1.68. The first-order valence-electron chi connectivity index (χ1n) is 9.32. The van der Waals surface area contributed by atoms with Crippen molar-refractivity contribution in [3.05, 3.63) is 61.3 Å². The number of hydrogen-bond donors (Lipinski definition) is 1. The van der Waals surface area contributed by atoms with Crippen LogP contribution in [0.25, 0.3) is 22.0 Å². The van der Waals surface area contributed by atoms with Crippen LogP contribution in [-0.4, -0.2) is 35.3 Å². The van der Waals surface area contributed by atoms with E-state index in [-0.39, 0.29) is 29.5 Å². The molecule has 33 heavy (non-hydrogen) atoms. The van der Waals surface area contributed by atoms with Crippen LogP contribution in [0.15, 0.2) is 32.7 Å². The predicted octanol–water partition coefficient (Wildman–Crippen LogP) is 4.40. The lowest BCUT2D eigenvalue weighted by Crippen LogP contribution is -2.34. The maximum absolute atomic E-state index is 14.8. The average molecular weight is 509 g/mol. The van der Waals surface area contributed by atoms with Crippen molar-refractivity contribution in [2.75, 3.05) is 19.7 Å². The normalized spacial score (nSPS) is 16.3. The Labute approximate surface area is 191 Å². The van der Waals surface area contributed by atoms with Crippen LogP contribution in [0.5, 0.6) is 0 Å². The van der Waals surface area contributed by atoms with Gasteiger partial charge >= 0.3 is 11.9 Å². The number of benzene rings is 2. The smallest absolute Gasteiger partial charge is 0.359 e. The summed E-state index contributed by atoms with van der Waals surface area (Å²) in [5.74, 6) is -2.38. The van der Waals surface area contributed by atoms with Crippen molar-refractivity contribution >= 4 is 34.3 Å². The maximum Gasteiger partial charge on any atom is 0.417 e. The molecule has 2 heterocycles. The van der Waals surface area contributed by atoms with Gasteiger partial charge in [0.25, 0.3) is 5.56 Å². The third-order valence-corrected chi connectivity index (χ3v) is 6.56. The van der Waals surface area contributed by atoms with E-state index in [2.05, 4.69) is 0 Å². The predicted molar refractivity (Wildman–Crippen MR) is 112 cm³/mol. The Balaban J connectivity index is 2.14. The van der Waals surface area contributed by atoms with Crippen molar-refractivity contribution in [1.82, 2.24) is 9.55 Å². The number of thioether (sulfide) groups is 1. The molecule has 1 N–H and O–H groups in total. The summed E-state index contributed by atoms with van der Waals surface area (Å²) >= 11 is 6.60. The number of halogens is 6. The minimum Gasteiger partial charge on any atom is -0.359 e. The third-order valence-electron chi connectivity index (χ3n) is 5.04. The summed E-state index contributed by atoms with van der Waals surface area (Å²) in [7, 11) is 1.37. The zero-order chi connectivity index (χ0) is 24.1. The molecule has 0 unspecified atom stereocenters. The highest BCUT2D eigenvalue weighted by molar-refractivity contribution is 7.99. The first kappa shape index (κ1) is 23.7. The summed E-state index contributed by atoms with van der Waals surface area (Å²) in [6.45, 7) is -0.251. The Morgan fingerprint density at radius 1 is 1.21 bits per heavy atom. The van der Waals surface area contributed by atoms with Gasteiger partial charge in [-0.2, -0.15) is 13.2 Å². The van der Waals surface area contributed by atoms with Gasteiger partial charge in [0.1, 0.15) is 18.4 Å². The maximum atomic E-state index is 14.8. The topological polar surface area (TPSA) is 73.3 Å². The van der Waals surface area contributed by atoms with Crippen LogP contribution in [-0.2, 0) is 22.2 Å². The number of H-pyrrole nitrogens is 1. The lowest BCUT2D eigenvalue weighted by atomic mass is 9.96. The number of alkyl halides is 3. The number of ether oxygens (including phenoxy) is 2. The van der Waals surface area contributed by atoms with Crippen molar-refractivity contribution in [1.29, 1.82) is 0 Å². The SMILES string of the molecule is COCO[C@@H]1CSc2c(-c3cc(Cl)c(F)cc3F)c(C(F)(F)F)cc3c(=O)[nH]c(=O)n(c23)C1. The monoisotopic (exact) mass is 508 g/mol. The molecule has 1 aliphatic heterocycles. The molecule has 3 aromatic rings. The molecule has 0 amide bonds. The minimum absolute atomic E-state index is 0.0542. The standard InChI is InChI=1S/C20H14ClF5N2O4S/c1-31-7-32-8-5-28-16-10(18(29)27-19(28)30)2-11(20(24,25)26)15(17(16)33-6-8)9-3-12(21)14(23)4-13(9)22/h2-4,8H,5-7H2,1H3,(H,27,29,30)/t8-/m0/s1. The van der Waals surface area contributed by atoms with Gasteiger partial charge in [-0.3, -0.25) is 14.3 Å². The zero-order valence-corrected chi connectivity index (χ0v) is 18.3. The molecule has 6 nitrogen and oxygen atoms in total. The van der Waals surface area contributed by atoms with E-state index in [1.807, 2.05) is 4.98 Å². The number of methoxy groups -OCH3 is 1. The van der Waals surface area contributed by atoms with E-state index < -0.39 is 62.3 Å². The van der Waals surface area contributed by atoms with Crippen LogP contribution in [0, 0.1) is 11.6 Å². The molecule has 1 aromatic heterocycles. The van der Waals surface area contributed by atoms with Crippen LogP contribution in [0.3, 0.4) is 0 Å². The number of rotatable bonds is 4. The van der Waals surface area contributed by atoms with Gasteiger partial charge in [-0.25, -0.2) is 13.6 Å². The van der Waals surface area contributed by atoms with Crippen molar-refractivity contribution in [3.63, 3.8) is 0 Å². The van der Waals surface area contributed by atoms with Crippen molar-refractivity contribution < 1.29 is 31.4 Å². The number of hydrogen-bond acceptors (Lipinski definition) is 5. The Bertz CT molecular complexity index is 1370. The van der Waals surface area contributed by atoms with E-state index in [0.29, 0.717) is 12.1 Å². The van der Waals surface area contributed by atoms with Gasteiger partial charge in [0, 0.05) is 35.0 Å². The second-order valence-electron chi connectivity index (χ2n) is 7.14. The fourth-order valence-corrected chi connectivity index (χ4v) is 5.08. The van der Waals surface area contributed by atoms with E-state index in [1.165, 1.54) is 7.11 Å². The first-order chi connectivity index (χ1) is 15.5. The highest BCUT2D eigenvalue weighted by atomic mass is 35.5. The van der Waals surface area contributed by atoms with Gasteiger partial charge < -0.3 is 9.47 Å². The van der Waals surface area contributed by atoms with Crippen LogP contribution in [0.1, 0.15) is 5.56 Å². The zero-order valence-electron chi connectivity index (χ0n) is 16.7. The number of nitrogens with zero attached hydrogens (tertiary/aromatic N) is 1. The van der Waals surface area contributed by atoms with Gasteiger partial charge in [0.05, 0.1) is 34.1 Å². The lowest BCUT2D eigenvalue weighted by molar-refractivity contribution is -0.137. The molecule has 0 spiro atoms. The van der Waals surface area contributed by atoms with Gasteiger partial charge in [0.2, 0.25) is 0 Å². The van der Waals surface area contributed by atoms with Crippen LogP contribution >= 0.6 is 23.4 Å². The Morgan fingerprint density at radius 2 is 1.94 bits per heavy atom. The molecular weight excluding hydrogens is 495 g/mol. The van der Waals surface area contributed by atoms with Crippen LogP contribution in [0.4, 0.5) is 22.0 Å². The molecule has 4 rings (SSSR count). The molecule has 0 radical (unpaired) electrons. The van der Waals surface area contributed by atoms with Crippen molar-refractivity contribution in [2.24, 2.45) is 0 Å². The molecule has 1 aliphatic rings. The quantitative estimate of drug-likeness (QED) is 0.321. The summed E-state index contributed by atoms with van der Waals surface area (Å²) in [6.07, 6.45) is -5.70. The van der Waals surface area contributed by atoms with Gasteiger partial charge in [-0.15, -0.1) is 11.8 Å². The van der Waals surface area contributed by atoms with Crippen LogP contribution < -0.4 is 11.2 Å². The average Bonchev–Trinajstić information content (AvgIpc) is 2.93. The van der Waals surface area contributed by atoms with E-state index >= 15 is 0 Å². The molecule has 176 valence electrons. The Hall–Kier alpha value is -2.41. The van der Waals surface area contributed by atoms with Gasteiger partial charge in [-0.1, -0.05) is 11.6 Å². The number of aromatic amines is 1. The Morgan fingerprint density at radius 3 is 2.61 bits per heavy atom. The molecule has 2 aromatic carbocycles. The summed E-state index contributed by atoms with van der Waals surface area (Å²) in [5, 5.41) is -0.996. The highest BCUT2D eigenvalue weighted by Crippen LogP contribution is 2.47. The van der Waals surface area contributed by atoms with Crippen molar-refractivity contribution in [3.8, 4) is 11.1 Å².